The summed E-state index contributed by atoms with van der Waals surface area (Å²) in [5.74, 6) is 0.687. The number of aliphatic hydroxyl groups is 1. The molecule has 1 aliphatic heterocycles. The van der Waals surface area contributed by atoms with E-state index in [1.54, 1.807) is 40.0 Å². The number of methoxy groups -OCH3 is 1. The van der Waals surface area contributed by atoms with Crippen LogP contribution >= 0.6 is 0 Å². The number of non-ortho nitro benzene ring substituents is 1. The van der Waals surface area contributed by atoms with Gasteiger partial charge in [0.1, 0.15) is 23.2 Å². The number of nitro benzene ring substituents is 1. The molecule has 0 radical (unpaired) electrons. The highest BCUT2D eigenvalue weighted by molar-refractivity contribution is 5.70. The lowest BCUT2D eigenvalue weighted by molar-refractivity contribution is -0.384. The topological polar surface area (TPSA) is 138 Å². The summed E-state index contributed by atoms with van der Waals surface area (Å²) in [6.07, 6.45) is -3.79. The van der Waals surface area contributed by atoms with Gasteiger partial charge >= 0.3 is 12.2 Å². The fraction of sp³-hybridized carbons (Fsp3) is 0.417. The van der Waals surface area contributed by atoms with E-state index in [9.17, 15) is 24.8 Å². The Morgan fingerprint density at radius 3 is 2.23 bits per heavy atom. The molecule has 0 saturated carbocycles. The Morgan fingerprint density at radius 2 is 1.69 bits per heavy atom. The Labute approximate surface area is 202 Å². The van der Waals surface area contributed by atoms with Crippen LogP contribution in [0, 0.1) is 10.1 Å². The molecule has 0 bridgehead atoms. The number of ether oxygens (including phenoxy) is 4. The Balaban J connectivity index is 1.78. The van der Waals surface area contributed by atoms with Crippen molar-refractivity contribution < 1.29 is 38.6 Å². The van der Waals surface area contributed by atoms with Crippen LogP contribution in [0.5, 0.6) is 11.5 Å². The molecule has 0 aromatic heterocycles. The Morgan fingerprint density at radius 1 is 1.09 bits per heavy atom. The zero-order chi connectivity index (χ0) is 25.8. The Bertz CT molecular complexity index is 1050. The molecule has 11 nitrogen and oxygen atoms in total. The number of rotatable bonds is 6. The molecule has 0 unspecified atom stereocenters. The molecule has 1 aliphatic rings. The Hall–Kier alpha value is -3.86. The summed E-state index contributed by atoms with van der Waals surface area (Å²) in [4.78, 5) is 36.9. The number of aliphatic hydroxyl groups excluding tert-OH is 1. The van der Waals surface area contributed by atoms with Crippen LogP contribution in [0.15, 0.2) is 48.5 Å². The molecular formula is C24H28N2O9. The standard InChI is InChI=1S/C24H28N2O9/c1-24(2,3)35-22(28)25-14-20(27)21(19(25)13-15-5-9-17(32-4)10-6-15)34-23(29)33-18-11-7-16(8-12-18)26(30)31/h5-12,19-21,27H,13-14H2,1-4H3/t19-,20+,21+/m1/s1. The third-order valence-corrected chi connectivity index (χ3v) is 5.26. The zero-order valence-electron chi connectivity index (χ0n) is 19.9. The van der Waals surface area contributed by atoms with Gasteiger partial charge in [-0.1, -0.05) is 12.1 Å². The van der Waals surface area contributed by atoms with Crippen LogP contribution < -0.4 is 9.47 Å². The second kappa shape index (κ2) is 10.6. The SMILES string of the molecule is COc1ccc(C[C@@H]2[C@H](OC(=O)Oc3ccc([N+](=O)[O-])cc3)[C@@H](O)CN2C(=O)OC(C)(C)C)cc1. The molecule has 1 N–H and O–H groups in total. The van der Waals surface area contributed by atoms with E-state index in [0.717, 1.165) is 5.56 Å². The molecule has 1 amide bonds. The largest absolute Gasteiger partial charge is 0.514 e. The van der Waals surface area contributed by atoms with Crippen LogP contribution in [0.4, 0.5) is 15.3 Å². The van der Waals surface area contributed by atoms with Crippen molar-refractivity contribution in [1.29, 1.82) is 0 Å². The van der Waals surface area contributed by atoms with E-state index in [2.05, 4.69) is 0 Å². The molecule has 1 fully saturated rings. The monoisotopic (exact) mass is 488 g/mol. The fourth-order valence-corrected chi connectivity index (χ4v) is 3.66. The summed E-state index contributed by atoms with van der Waals surface area (Å²) in [6, 6.07) is 11.3. The second-order valence-corrected chi connectivity index (χ2v) is 9.01. The van der Waals surface area contributed by atoms with Crippen LogP contribution in [-0.2, 0) is 15.9 Å². The molecular weight excluding hydrogens is 460 g/mol. The number of carbonyl (C=O) groups excluding carboxylic acids is 2. The summed E-state index contributed by atoms with van der Waals surface area (Å²) in [5.41, 5.74) is -0.110. The highest BCUT2D eigenvalue weighted by atomic mass is 16.7. The van der Waals surface area contributed by atoms with Gasteiger partial charge in [0.25, 0.3) is 5.69 Å². The summed E-state index contributed by atoms with van der Waals surface area (Å²) in [7, 11) is 1.55. The van der Waals surface area contributed by atoms with Gasteiger partial charge in [-0.2, -0.15) is 0 Å². The summed E-state index contributed by atoms with van der Waals surface area (Å²) >= 11 is 0. The minimum atomic E-state index is -1.19. The summed E-state index contributed by atoms with van der Waals surface area (Å²) in [5, 5.41) is 21.5. The lowest BCUT2D eigenvalue weighted by Crippen LogP contribution is -2.45. The number of nitro groups is 1. The minimum absolute atomic E-state index is 0.0313. The van der Waals surface area contributed by atoms with Crippen LogP contribution in [0.3, 0.4) is 0 Å². The quantitative estimate of drug-likeness (QED) is 0.279. The molecule has 3 atom stereocenters. The summed E-state index contributed by atoms with van der Waals surface area (Å²) in [6.45, 7) is 5.08. The third-order valence-electron chi connectivity index (χ3n) is 5.26. The first-order valence-corrected chi connectivity index (χ1v) is 10.9. The number of hydrogen-bond acceptors (Lipinski definition) is 9. The molecule has 1 heterocycles. The molecule has 0 spiro atoms. The molecule has 1 saturated heterocycles. The summed E-state index contributed by atoms with van der Waals surface area (Å²) < 4.78 is 21.2. The minimum Gasteiger partial charge on any atom is -0.497 e. The molecule has 2 aromatic carbocycles. The number of benzene rings is 2. The van der Waals surface area contributed by atoms with Gasteiger partial charge in [0, 0.05) is 12.1 Å². The lowest BCUT2D eigenvalue weighted by Gasteiger charge is -2.30. The van der Waals surface area contributed by atoms with Crippen molar-refractivity contribution in [2.75, 3.05) is 13.7 Å². The van der Waals surface area contributed by atoms with Crippen molar-refractivity contribution in [3.8, 4) is 11.5 Å². The van der Waals surface area contributed by atoms with Crippen molar-refractivity contribution in [2.45, 2.75) is 51.0 Å². The van der Waals surface area contributed by atoms with Gasteiger partial charge < -0.3 is 24.1 Å². The predicted octanol–water partition coefficient (Wildman–Crippen LogP) is 3.71. The van der Waals surface area contributed by atoms with Crippen molar-refractivity contribution >= 4 is 17.9 Å². The van der Waals surface area contributed by atoms with Crippen molar-refractivity contribution in [1.82, 2.24) is 4.90 Å². The Kier molecular flexibility index (Phi) is 7.80. The normalized spacial score (nSPS) is 19.7. The van der Waals surface area contributed by atoms with E-state index in [1.165, 1.54) is 29.2 Å². The molecule has 188 valence electrons. The zero-order valence-corrected chi connectivity index (χ0v) is 19.9. The van der Waals surface area contributed by atoms with E-state index in [-0.39, 0.29) is 24.4 Å². The van der Waals surface area contributed by atoms with Gasteiger partial charge in [-0.05, 0) is 57.0 Å². The van der Waals surface area contributed by atoms with Gasteiger partial charge in [0.15, 0.2) is 6.10 Å². The number of amides is 1. The van der Waals surface area contributed by atoms with E-state index >= 15 is 0 Å². The molecule has 35 heavy (non-hydrogen) atoms. The molecule has 3 rings (SSSR count). The average Bonchev–Trinajstić information content (AvgIpc) is 3.08. The highest BCUT2D eigenvalue weighted by Gasteiger charge is 2.47. The predicted molar refractivity (Wildman–Crippen MR) is 123 cm³/mol. The van der Waals surface area contributed by atoms with Gasteiger partial charge in [-0.15, -0.1) is 0 Å². The first-order valence-electron chi connectivity index (χ1n) is 10.9. The number of likely N-dealkylation sites (tertiary alicyclic amines) is 1. The van der Waals surface area contributed by atoms with Gasteiger partial charge in [-0.3, -0.25) is 15.0 Å². The van der Waals surface area contributed by atoms with Crippen molar-refractivity contribution in [2.24, 2.45) is 0 Å². The van der Waals surface area contributed by atoms with Crippen LogP contribution in [-0.4, -0.2) is 64.7 Å². The average molecular weight is 488 g/mol. The van der Waals surface area contributed by atoms with E-state index in [1.807, 2.05) is 12.1 Å². The maximum Gasteiger partial charge on any atom is 0.514 e. The number of β-amino-alcohol motifs (C(OH)–C–C–N with tert-alkyl or cyclic N) is 1. The van der Waals surface area contributed by atoms with Crippen LogP contribution in [0.1, 0.15) is 26.3 Å². The maximum absolute atomic E-state index is 12.9. The lowest BCUT2D eigenvalue weighted by atomic mass is 10.0. The van der Waals surface area contributed by atoms with E-state index < -0.39 is 41.0 Å². The first kappa shape index (κ1) is 25.8. The number of carbonyl (C=O) groups is 2. The fourth-order valence-electron chi connectivity index (χ4n) is 3.66. The third kappa shape index (κ3) is 6.82. The maximum atomic E-state index is 12.9. The molecule has 0 aliphatic carbocycles. The molecule has 2 aromatic rings. The van der Waals surface area contributed by atoms with Gasteiger partial charge in [0.05, 0.1) is 24.6 Å². The van der Waals surface area contributed by atoms with Crippen molar-refractivity contribution in [3.05, 3.63) is 64.2 Å². The van der Waals surface area contributed by atoms with E-state index in [0.29, 0.717) is 5.75 Å². The van der Waals surface area contributed by atoms with Crippen LogP contribution in [0.2, 0.25) is 0 Å². The molecule has 11 heteroatoms. The van der Waals surface area contributed by atoms with Crippen LogP contribution in [0.25, 0.3) is 0 Å². The first-order chi connectivity index (χ1) is 16.5. The van der Waals surface area contributed by atoms with Gasteiger partial charge in [-0.25, -0.2) is 9.59 Å². The number of hydrogen-bond donors (Lipinski definition) is 1. The van der Waals surface area contributed by atoms with Gasteiger partial charge in [0.2, 0.25) is 0 Å². The highest BCUT2D eigenvalue weighted by Crippen LogP contribution is 2.28. The smallest absolute Gasteiger partial charge is 0.497 e. The number of nitrogens with zero attached hydrogens (tertiary/aromatic N) is 2. The second-order valence-electron chi connectivity index (χ2n) is 9.01. The van der Waals surface area contributed by atoms with E-state index in [4.69, 9.17) is 18.9 Å². The van der Waals surface area contributed by atoms with Crippen molar-refractivity contribution in [3.63, 3.8) is 0 Å².